The van der Waals surface area contributed by atoms with E-state index >= 15 is 0 Å². The summed E-state index contributed by atoms with van der Waals surface area (Å²) in [6.45, 7) is 6.60. The molecule has 2 N–H and O–H groups in total. The van der Waals surface area contributed by atoms with Crippen LogP contribution < -0.4 is 15.6 Å². The van der Waals surface area contributed by atoms with Gasteiger partial charge in [0.1, 0.15) is 23.2 Å². The molecule has 4 rings (SSSR count). The second-order valence-corrected chi connectivity index (χ2v) is 6.21. The predicted molar refractivity (Wildman–Crippen MR) is 94.4 cm³/mol. The number of nitrogens with one attached hydrogen (secondary N) is 2. The summed E-state index contributed by atoms with van der Waals surface area (Å²) in [5, 5.41) is 5.42. The molecule has 24 heavy (non-hydrogen) atoms. The number of hydrazine groups is 1. The lowest BCUT2D eigenvalue weighted by Crippen LogP contribution is -2.30. The maximum absolute atomic E-state index is 5.73. The molecule has 7 nitrogen and oxygen atoms in total. The van der Waals surface area contributed by atoms with Crippen molar-refractivity contribution in [1.82, 2.24) is 25.4 Å². The van der Waals surface area contributed by atoms with Crippen molar-refractivity contribution >= 4 is 22.7 Å². The van der Waals surface area contributed by atoms with E-state index in [9.17, 15) is 0 Å². The zero-order valence-electron chi connectivity index (χ0n) is 13.1. The standard InChI is InChI=1S/C16H16N6OS/c1-3-8-23-15-13(14-17-9-18-20-14)24-16(19-15)12-10(2)21-22-7-5-4-6-11(12)22/h3-7,18H,1,8-9H2,2H3,(H,17,20). The SMILES string of the molecule is C=CCOc1nc(-c2c(C)nn3ccccc23)sc1C1=NCNN1. The molecule has 0 saturated heterocycles. The van der Waals surface area contributed by atoms with E-state index in [0.29, 0.717) is 19.2 Å². The molecule has 122 valence electrons. The van der Waals surface area contributed by atoms with Crippen LogP contribution in [0.2, 0.25) is 0 Å². The molecule has 0 radical (unpaired) electrons. The number of amidine groups is 1. The smallest absolute Gasteiger partial charge is 0.236 e. The maximum Gasteiger partial charge on any atom is 0.236 e. The Balaban J connectivity index is 1.85. The number of aliphatic imine (C=N–C) groups is 1. The summed E-state index contributed by atoms with van der Waals surface area (Å²) in [4.78, 5) is 9.95. The molecule has 0 saturated carbocycles. The lowest BCUT2D eigenvalue weighted by atomic mass is 10.2. The monoisotopic (exact) mass is 340 g/mol. The number of hydrogen-bond donors (Lipinski definition) is 2. The number of fused-ring (bicyclic) bond motifs is 1. The van der Waals surface area contributed by atoms with Gasteiger partial charge in [0.15, 0.2) is 5.84 Å². The van der Waals surface area contributed by atoms with Crippen LogP contribution >= 0.6 is 11.3 Å². The molecule has 0 atom stereocenters. The Hall–Kier alpha value is -2.71. The largest absolute Gasteiger partial charge is 0.472 e. The Morgan fingerprint density at radius 2 is 2.38 bits per heavy atom. The van der Waals surface area contributed by atoms with Crippen molar-refractivity contribution in [1.29, 1.82) is 0 Å². The van der Waals surface area contributed by atoms with Gasteiger partial charge in [-0.2, -0.15) is 5.10 Å². The number of hydrogen-bond acceptors (Lipinski definition) is 7. The number of aryl methyl sites for hydroxylation is 1. The lowest BCUT2D eigenvalue weighted by molar-refractivity contribution is 0.350. The highest BCUT2D eigenvalue weighted by molar-refractivity contribution is 7.17. The van der Waals surface area contributed by atoms with Crippen LogP contribution in [0.4, 0.5) is 0 Å². The van der Waals surface area contributed by atoms with Crippen LogP contribution in [0.25, 0.3) is 16.1 Å². The summed E-state index contributed by atoms with van der Waals surface area (Å²) >= 11 is 1.54. The van der Waals surface area contributed by atoms with Gasteiger partial charge in [-0.15, -0.1) is 11.3 Å². The molecule has 0 aromatic carbocycles. The van der Waals surface area contributed by atoms with Crippen LogP contribution in [0, 0.1) is 6.92 Å². The number of nitrogens with zero attached hydrogens (tertiary/aromatic N) is 4. The third-order valence-electron chi connectivity index (χ3n) is 3.60. The van der Waals surface area contributed by atoms with E-state index in [1.807, 2.05) is 35.8 Å². The third-order valence-corrected chi connectivity index (χ3v) is 4.66. The molecule has 1 aliphatic rings. The van der Waals surface area contributed by atoms with Crippen LogP contribution in [0.3, 0.4) is 0 Å². The van der Waals surface area contributed by atoms with Crippen molar-refractivity contribution < 1.29 is 4.74 Å². The van der Waals surface area contributed by atoms with Gasteiger partial charge < -0.3 is 10.2 Å². The summed E-state index contributed by atoms with van der Waals surface area (Å²) in [7, 11) is 0. The molecule has 0 bridgehead atoms. The first-order valence-electron chi connectivity index (χ1n) is 7.50. The predicted octanol–water partition coefficient (Wildman–Crippen LogP) is 2.14. The van der Waals surface area contributed by atoms with E-state index in [4.69, 9.17) is 9.72 Å². The molecule has 1 aliphatic heterocycles. The van der Waals surface area contributed by atoms with Crippen molar-refractivity contribution in [2.24, 2.45) is 4.99 Å². The first-order chi connectivity index (χ1) is 11.8. The third kappa shape index (κ3) is 2.45. The van der Waals surface area contributed by atoms with E-state index in [2.05, 4.69) is 27.5 Å². The zero-order chi connectivity index (χ0) is 16.5. The summed E-state index contributed by atoms with van der Waals surface area (Å²) in [6.07, 6.45) is 3.63. The van der Waals surface area contributed by atoms with Crippen molar-refractivity contribution in [3.05, 3.63) is 47.6 Å². The van der Waals surface area contributed by atoms with Gasteiger partial charge in [0, 0.05) is 6.20 Å². The molecular weight excluding hydrogens is 324 g/mol. The molecule has 0 unspecified atom stereocenters. The van der Waals surface area contributed by atoms with Crippen molar-refractivity contribution in [3.63, 3.8) is 0 Å². The van der Waals surface area contributed by atoms with Crippen LogP contribution in [0.5, 0.6) is 5.88 Å². The number of aromatic nitrogens is 3. The maximum atomic E-state index is 5.73. The molecule has 0 aliphatic carbocycles. The van der Waals surface area contributed by atoms with Gasteiger partial charge in [0.25, 0.3) is 0 Å². The van der Waals surface area contributed by atoms with E-state index in [1.54, 1.807) is 6.08 Å². The van der Waals surface area contributed by atoms with Gasteiger partial charge in [0.2, 0.25) is 5.88 Å². The summed E-state index contributed by atoms with van der Waals surface area (Å²) in [5.74, 6) is 1.30. The average molecular weight is 340 g/mol. The van der Waals surface area contributed by atoms with Crippen LogP contribution in [0.15, 0.2) is 42.0 Å². The van der Waals surface area contributed by atoms with Crippen molar-refractivity contribution in [3.8, 4) is 16.5 Å². The molecule has 4 heterocycles. The molecule has 0 spiro atoms. The van der Waals surface area contributed by atoms with Crippen LogP contribution in [-0.4, -0.2) is 33.7 Å². The van der Waals surface area contributed by atoms with Gasteiger partial charge in [-0.25, -0.2) is 19.9 Å². The molecule has 0 amide bonds. The second kappa shape index (κ2) is 6.06. The minimum atomic E-state index is 0.393. The molecule has 3 aromatic heterocycles. The molecular formula is C16H16N6OS. The minimum absolute atomic E-state index is 0.393. The molecule has 8 heteroatoms. The Morgan fingerprint density at radius 1 is 1.46 bits per heavy atom. The first kappa shape index (κ1) is 14.9. The highest BCUT2D eigenvalue weighted by Crippen LogP contribution is 2.36. The fourth-order valence-corrected chi connectivity index (χ4v) is 3.67. The van der Waals surface area contributed by atoms with Crippen LogP contribution in [0.1, 0.15) is 10.6 Å². The zero-order valence-corrected chi connectivity index (χ0v) is 13.9. The minimum Gasteiger partial charge on any atom is -0.472 e. The lowest BCUT2D eigenvalue weighted by Gasteiger charge is -2.02. The Kier molecular flexibility index (Phi) is 3.75. The Bertz CT molecular complexity index is 941. The van der Waals surface area contributed by atoms with Crippen molar-refractivity contribution in [2.75, 3.05) is 13.3 Å². The molecule has 0 fully saturated rings. The first-order valence-corrected chi connectivity index (χ1v) is 8.32. The fraction of sp³-hybridized carbons (Fsp3) is 0.188. The summed E-state index contributed by atoms with van der Waals surface area (Å²) < 4.78 is 7.60. The van der Waals surface area contributed by atoms with Gasteiger partial charge in [-0.1, -0.05) is 18.7 Å². The van der Waals surface area contributed by atoms with E-state index in [0.717, 1.165) is 32.5 Å². The van der Waals surface area contributed by atoms with Gasteiger partial charge in [-0.3, -0.25) is 0 Å². The van der Waals surface area contributed by atoms with E-state index < -0.39 is 0 Å². The van der Waals surface area contributed by atoms with E-state index in [-0.39, 0.29) is 0 Å². The van der Waals surface area contributed by atoms with Crippen LogP contribution in [-0.2, 0) is 0 Å². The van der Waals surface area contributed by atoms with E-state index in [1.165, 1.54) is 11.3 Å². The summed E-state index contributed by atoms with van der Waals surface area (Å²) in [5.41, 5.74) is 8.98. The second-order valence-electron chi connectivity index (χ2n) is 5.21. The van der Waals surface area contributed by atoms with Crippen molar-refractivity contribution in [2.45, 2.75) is 6.92 Å². The Labute approximate surface area is 142 Å². The number of thiazole rings is 1. The highest BCUT2D eigenvalue weighted by Gasteiger charge is 2.23. The highest BCUT2D eigenvalue weighted by atomic mass is 32.1. The van der Waals surface area contributed by atoms with Gasteiger partial charge in [-0.05, 0) is 19.1 Å². The number of ether oxygens (including phenoxy) is 1. The number of rotatable bonds is 5. The normalized spacial score (nSPS) is 13.8. The number of pyridine rings is 1. The Morgan fingerprint density at radius 3 is 3.17 bits per heavy atom. The van der Waals surface area contributed by atoms with Gasteiger partial charge >= 0.3 is 0 Å². The average Bonchev–Trinajstić information content (AvgIpc) is 3.29. The quantitative estimate of drug-likeness (QED) is 0.696. The fourth-order valence-electron chi connectivity index (χ4n) is 2.59. The summed E-state index contributed by atoms with van der Waals surface area (Å²) in [6, 6.07) is 5.99. The topological polar surface area (TPSA) is 75.8 Å². The molecule has 3 aromatic rings. The van der Waals surface area contributed by atoms with Gasteiger partial charge in [0.05, 0.1) is 16.8 Å².